The largest absolute Gasteiger partial charge is 0.488 e. The van der Waals surface area contributed by atoms with Crippen LogP contribution in [0.25, 0.3) is 22.2 Å². The first-order chi connectivity index (χ1) is 31.9. The number of benzene rings is 3. The Bertz CT molecular complexity index is 2400. The molecule has 23 nitrogen and oxygen atoms in total. The molecule has 0 amide bonds. The lowest BCUT2D eigenvalue weighted by molar-refractivity contribution is -0.167. The number of rotatable bonds is 25. The zero-order valence-corrected chi connectivity index (χ0v) is 36.9. The highest BCUT2D eigenvalue weighted by Gasteiger charge is 2.24. The molecule has 4 aromatic rings. The normalized spacial score (nSPS) is 10.5. The van der Waals surface area contributed by atoms with Crippen molar-refractivity contribution in [3.05, 3.63) is 71.8 Å². The number of nitrogens with one attached hydrogen (secondary N) is 1. The van der Waals surface area contributed by atoms with Crippen LogP contribution in [0.4, 0.5) is 11.4 Å². The van der Waals surface area contributed by atoms with Crippen molar-refractivity contribution < 1.29 is 95.6 Å². The van der Waals surface area contributed by atoms with Crippen molar-refractivity contribution in [2.75, 3.05) is 76.4 Å². The molecule has 0 saturated carbocycles. The lowest BCUT2D eigenvalue weighted by Gasteiger charge is -2.26. The lowest BCUT2D eigenvalue weighted by atomic mass is 10.1. The van der Waals surface area contributed by atoms with E-state index in [4.69, 9.17) is 37.9 Å². The average Bonchev–Trinajstić information content (AvgIpc) is 3.68. The quantitative estimate of drug-likeness (QED) is 0.0417. The highest BCUT2D eigenvalue weighted by molar-refractivity contribution is 5.95. The number of aryl methyl sites for hydroxylation is 1. The van der Waals surface area contributed by atoms with E-state index in [1.54, 1.807) is 49.4 Å². The summed E-state index contributed by atoms with van der Waals surface area (Å²) in [7, 11) is 0. The van der Waals surface area contributed by atoms with Gasteiger partial charge in [0, 0.05) is 49.9 Å². The van der Waals surface area contributed by atoms with Gasteiger partial charge in [-0.25, -0.2) is 4.79 Å². The van der Waals surface area contributed by atoms with Gasteiger partial charge in [-0.05, 0) is 55.0 Å². The Hall–Kier alpha value is -8.37. The molecular weight excluding hydrogens is 890 g/mol. The number of fused-ring (bicyclic) bond motifs is 1. The van der Waals surface area contributed by atoms with Crippen molar-refractivity contribution in [2.45, 2.75) is 34.6 Å². The summed E-state index contributed by atoms with van der Waals surface area (Å²) >= 11 is 0. The minimum absolute atomic E-state index is 0.0513. The number of hydrogen-bond acceptors (Lipinski definition) is 21. The lowest BCUT2D eigenvalue weighted by Crippen LogP contribution is -2.37. The number of anilines is 2. The van der Waals surface area contributed by atoms with Crippen LogP contribution in [0.15, 0.2) is 60.7 Å². The highest BCUT2D eigenvalue weighted by atomic mass is 16.7. The molecular formula is C44H47N3O20. The van der Waals surface area contributed by atoms with Gasteiger partial charge in [0.05, 0.1) is 16.9 Å². The van der Waals surface area contributed by atoms with E-state index in [0.717, 1.165) is 27.7 Å². The number of aromatic nitrogens is 1. The van der Waals surface area contributed by atoms with Crippen molar-refractivity contribution >= 4 is 76.0 Å². The number of aromatic carboxylic acids is 1. The summed E-state index contributed by atoms with van der Waals surface area (Å²) in [5, 5.41) is 10.2. The third kappa shape index (κ3) is 17.3. The number of nitrogens with zero attached hydrogens (tertiary/aromatic N) is 2. The van der Waals surface area contributed by atoms with Crippen LogP contribution in [0.3, 0.4) is 0 Å². The van der Waals surface area contributed by atoms with Crippen LogP contribution in [-0.2, 0) is 76.3 Å². The number of H-pyrrole nitrogens is 1. The molecule has 0 saturated heterocycles. The van der Waals surface area contributed by atoms with Gasteiger partial charge in [0.1, 0.15) is 50.9 Å². The number of esters is 8. The summed E-state index contributed by atoms with van der Waals surface area (Å²) in [6.45, 7) is 0.609. The number of hydrogen-bond donors (Lipinski definition) is 2. The Balaban J connectivity index is 1.67. The molecule has 4 rings (SSSR count). The smallest absolute Gasteiger partial charge is 0.335 e. The number of carbonyl (C=O) groups excluding carboxylic acids is 8. The van der Waals surface area contributed by atoms with Crippen LogP contribution in [0.5, 0.6) is 11.5 Å². The van der Waals surface area contributed by atoms with Gasteiger partial charge in [-0.1, -0.05) is 18.2 Å². The third-order valence-electron chi connectivity index (χ3n) is 8.74. The minimum Gasteiger partial charge on any atom is -0.488 e. The second-order valence-electron chi connectivity index (χ2n) is 13.9. The second kappa shape index (κ2) is 25.2. The van der Waals surface area contributed by atoms with Crippen LogP contribution >= 0.6 is 0 Å². The fourth-order valence-electron chi connectivity index (χ4n) is 5.75. The maximum atomic E-state index is 13.0. The second-order valence-corrected chi connectivity index (χ2v) is 13.9. The van der Waals surface area contributed by atoms with Gasteiger partial charge < -0.3 is 67.3 Å². The molecule has 0 atom stereocenters. The first-order valence-corrected chi connectivity index (χ1v) is 19.9. The zero-order valence-electron chi connectivity index (χ0n) is 36.9. The predicted molar refractivity (Wildman–Crippen MR) is 228 cm³/mol. The van der Waals surface area contributed by atoms with Gasteiger partial charge in [-0.3, -0.25) is 38.4 Å². The van der Waals surface area contributed by atoms with E-state index in [9.17, 15) is 48.3 Å². The molecule has 2 N–H and O–H groups in total. The molecule has 3 aromatic carbocycles. The summed E-state index contributed by atoms with van der Waals surface area (Å²) in [6.07, 6.45) is 0. The van der Waals surface area contributed by atoms with Gasteiger partial charge >= 0.3 is 53.7 Å². The topological polar surface area (TPSA) is 288 Å². The maximum Gasteiger partial charge on any atom is 0.335 e. The SMILES string of the molecule is CC(=O)OCOC(=O)CN(CC(=O)OCOC(C)=O)c1ccc(C)cc1OCCOc1cc(-c2cc3ccc(C(=O)O)cc3[nH]2)ccc1N(CC(=O)OCOC(C)=O)CC(=O)OCOC(C)=O. The van der Waals surface area contributed by atoms with Crippen molar-refractivity contribution in [3.8, 4) is 22.8 Å². The molecule has 0 aliphatic rings. The average molecular weight is 938 g/mol. The Labute approximate surface area is 381 Å². The Kier molecular flexibility index (Phi) is 19.3. The molecule has 0 unspecified atom stereocenters. The predicted octanol–water partition coefficient (Wildman–Crippen LogP) is 3.17. The number of carbonyl (C=O) groups is 9. The fraction of sp³-hybridized carbons (Fsp3) is 0.341. The molecule has 358 valence electrons. The van der Waals surface area contributed by atoms with Crippen LogP contribution in [0.1, 0.15) is 43.6 Å². The molecule has 0 aliphatic carbocycles. The van der Waals surface area contributed by atoms with Gasteiger partial charge in [0.15, 0.2) is 0 Å². The van der Waals surface area contributed by atoms with Crippen LogP contribution in [0, 0.1) is 6.92 Å². The molecule has 1 aromatic heterocycles. The summed E-state index contributed by atoms with van der Waals surface area (Å²) in [6, 6.07) is 15.9. The summed E-state index contributed by atoms with van der Waals surface area (Å²) < 4.78 is 51.2. The summed E-state index contributed by atoms with van der Waals surface area (Å²) in [5.74, 6) is -7.39. The van der Waals surface area contributed by atoms with Crippen molar-refractivity contribution in [2.24, 2.45) is 0 Å². The van der Waals surface area contributed by atoms with Crippen molar-refractivity contribution in [3.63, 3.8) is 0 Å². The first-order valence-electron chi connectivity index (χ1n) is 19.9. The van der Waals surface area contributed by atoms with Crippen LogP contribution < -0.4 is 19.3 Å². The minimum atomic E-state index is -1.12. The van der Waals surface area contributed by atoms with Gasteiger partial charge in [-0.15, -0.1) is 0 Å². The first kappa shape index (κ1) is 51.3. The fourth-order valence-corrected chi connectivity index (χ4v) is 5.75. The molecule has 0 bridgehead atoms. The number of aromatic amines is 1. The number of carboxylic acids is 1. The standard InChI is InChI=1S/C44H47N3O20/c1-26-6-10-36(46(18-40(52)64-22-60-27(2)48)19-41(53)65-23-61-28(3)49)38(14-26)58-12-13-59-39-17-32(34-15-31-7-8-33(44(56)57)16-35(31)45-34)9-11-37(39)47(20-42(54)66-24-62-29(4)50)21-43(55)67-25-63-30(5)51/h6-11,14-17,45H,12-13,18-25H2,1-5H3,(H,56,57). The van der Waals surface area contributed by atoms with Gasteiger partial charge in [-0.2, -0.15) is 0 Å². The Morgan fingerprint density at radius 1 is 0.507 bits per heavy atom. The maximum absolute atomic E-state index is 13.0. The van der Waals surface area contributed by atoms with Gasteiger partial charge in [0.2, 0.25) is 27.2 Å². The highest BCUT2D eigenvalue weighted by Crippen LogP contribution is 2.35. The molecule has 67 heavy (non-hydrogen) atoms. The summed E-state index contributed by atoms with van der Waals surface area (Å²) in [4.78, 5) is 114. The zero-order chi connectivity index (χ0) is 49.0. The molecule has 0 fully saturated rings. The molecule has 0 radical (unpaired) electrons. The van der Waals surface area contributed by atoms with E-state index >= 15 is 0 Å². The number of ether oxygens (including phenoxy) is 10. The monoisotopic (exact) mass is 937 g/mol. The third-order valence-corrected chi connectivity index (χ3v) is 8.74. The van der Waals surface area contributed by atoms with E-state index < -0.39 is 107 Å². The molecule has 0 aliphatic heterocycles. The van der Waals surface area contributed by atoms with E-state index in [1.165, 1.54) is 28.0 Å². The van der Waals surface area contributed by atoms with Crippen molar-refractivity contribution in [1.82, 2.24) is 4.98 Å². The van der Waals surface area contributed by atoms with E-state index in [-0.39, 0.29) is 41.7 Å². The Morgan fingerprint density at radius 3 is 1.34 bits per heavy atom. The Morgan fingerprint density at radius 2 is 0.925 bits per heavy atom. The van der Waals surface area contributed by atoms with Crippen LogP contribution in [-0.4, -0.2) is 130 Å². The summed E-state index contributed by atoms with van der Waals surface area (Å²) in [5.41, 5.74) is 2.66. The van der Waals surface area contributed by atoms with Crippen LogP contribution in [0.2, 0.25) is 0 Å². The van der Waals surface area contributed by atoms with Gasteiger partial charge in [0.25, 0.3) is 0 Å². The van der Waals surface area contributed by atoms with E-state index in [2.05, 4.69) is 14.5 Å². The number of carboxylic acid groups (broad SMARTS) is 1. The molecule has 0 spiro atoms. The molecule has 1 heterocycles. The molecule has 23 heteroatoms. The van der Waals surface area contributed by atoms with Crippen molar-refractivity contribution in [1.29, 1.82) is 0 Å². The van der Waals surface area contributed by atoms with E-state index in [1.807, 2.05) is 0 Å². The van der Waals surface area contributed by atoms with E-state index in [0.29, 0.717) is 27.7 Å².